The average Bonchev–Trinajstić information content (AvgIpc) is 2.75. The molecule has 0 aromatic heterocycles. The summed E-state index contributed by atoms with van der Waals surface area (Å²) in [5.74, 6) is -0.290. The van der Waals surface area contributed by atoms with Crippen LogP contribution in [0.1, 0.15) is 38.3 Å². The highest BCUT2D eigenvalue weighted by Crippen LogP contribution is 2.15. The van der Waals surface area contributed by atoms with E-state index in [-0.39, 0.29) is 30.8 Å². The van der Waals surface area contributed by atoms with Crippen molar-refractivity contribution in [2.24, 2.45) is 0 Å². The molecule has 2 rings (SSSR count). The molecule has 2 amide bonds. The minimum Gasteiger partial charge on any atom is -0.484 e. The van der Waals surface area contributed by atoms with E-state index < -0.39 is 6.04 Å². The topological polar surface area (TPSA) is 58.6 Å². The first-order valence-corrected chi connectivity index (χ1v) is 9.98. The van der Waals surface area contributed by atoms with Crippen LogP contribution >= 0.6 is 0 Å². The number of rotatable bonds is 10. The normalized spacial score (nSPS) is 11.6. The number of nitrogens with zero attached hydrogens (tertiary/aromatic N) is 1. The zero-order chi connectivity index (χ0) is 21.2. The number of benzene rings is 2. The van der Waals surface area contributed by atoms with Crippen molar-refractivity contribution in [1.82, 2.24) is 10.2 Å². The van der Waals surface area contributed by atoms with E-state index in [1.165, 1.54) is 22.6 Å². The van der Waals surface area contributed by atoms with Crippen LogP contribution in [0.4, 0.5) is 4.39 Å². The number of ether oxygens (including phenoxy) is 1. The molecule has 6 heteroatoms. The zero-order valence-electron chi connectivity index (χ0n) is 17.3. The van der Waals surface area contributed by atoms with Gasteiger partial charge in [-0.25, -0.2) is 4.39 Å². The van der Waals surface area contributed by atoms with Gasteiger partial charge in [0.15, 0.2) is 6.61 Å². The molecular formula is C23H29FN2O3. The Balaban J connectivity index is 2.09. The maximum atomic E-state index is 13.2. The molecule has 5 nitrogen and oxygen atoms in total. The number of amides is 2. The van der Waals surface area contributed by atoms with Crippen LogP contribution in [0.25, 0.3) is 0 Å². The second-order valence-electron chi connectivity index (χ2n) is 6.90. The van der Waals surface area contributed by atoms with Crippen LogP contribution in [-0.2, 0) is 22.6 Å². The zero-order valence-corrected chi connectivity index (χ0v) is 17.3. The lowest BCUT2D eigenvalue weighted by Crippen LogP contribution is -2.49. The van der Waals surface area contributed by atoms with Gasteiger partial charge in [0.1, 0.15) is 17.6 Å². The van der Waals surface area contributed by atoms with Crippen molar-refractivity contribution in [1.29, 1.82) is 0 Å². The highest BCUT2D eigenvalue weighted by Gasteiger charge is 2.26. The molecule has 1 N–H and O–H groups in total. The minimum atomic E-state index is -0.676. The lowest BCUT2D eigenvalue weighted by Gasteiger charge is -2.28. The molecule has 0 saturated heterocycles. The molecule has 0 aliphatic rings. The van der Waals surface area contributed by atoms with E-state index in [0.717, 1.165) is 18.4 Å². The van der Waals surface area contributed by atoms with E-state index in [9.17, 15) is 14.0 Å². The Bertz CT molecular complexity index is 791. The highest BCUT2D eigenvalue weighted by molar-refractivity contribution is 5.87. The van der Waals surface area contributed by atoms with Gasteiger partial charge in [-0.15, -0.1) is 0 Å². The largest absolute Gasteiger partial charge is 0.484 e. The van der Waals surface area contributed by atoms with E-state index in [2.05, 4.69) is 12.2 Å². The number of carbonyl (C=O) groups is 2. The van der Waals surface area contributed by atoms with Crippen LogP contribution in [0, 0.1) is 5.82 Å². The SMILES string of the molecule is CCCNC(=O)[C@H](C)N(Cc1ccc(F)cc1)C(=O)COc1ccc(CC)cc1. The van der Waals surface area contributed by atoms with E-state index in [1.807, 2.05) is 31.2 Å². The summed E-state index contributed by atoms with van der Waals surface area (Å²) in [6, 6.07) is 12.8. The Kier molecular flexibility index (Phi) is 8.65. The quantitative estimate of drug-likeness (QED) is 0.661. The van der Waals surface area contributed by atoms with E-state index in [0.29, 0.717) is 12.3 Å². The molecule has 2 aromatic rings. The lowest BCUT2D eigenvalue weighted by atomic mass is 10.1. The molecule has 2 aromatic carbocycles. The van der Waals surface area contributed by atoms with Crippen LogP contribution in [0.5, 0.6) is 5.75 Å². The van der Waals surface area contributed by atoms with Crippen LogP contribution < -0.4 is 10.1 Å². The van der Waals surface area contributed by atoms with Crippen molar-refractivity contribution in [3.05, 3.63) is 65.5 Å². The van der Waals surface area contributed by atoms with Gasteiger partial charge in [0, 0.05) is 13.1 Å². The second kappa shape index (κ2) is 11.2. The molecule has 0 fully saturated rings. The Hall–Kier alpha value is -2.89. The van der Waals surface area contributed by atoms with Gasteiger partial charge in [0.2, 0.25) is 5.91 Å². The predicted octanol–water partition coefficient (Wildman–Crippen LogP) is 3.71. The number of aryl methyl sites for hydroxylation is 1. The van der Waals surface area contributed by atoms with Crippen molar-refractivity contribution in [2.75, 3.05) is 13.2 Å². The fraction of sp³-hybridized carbons (Fsp3) is 0.391. The average molecular weight is 400 g/mol. The molecular weight excluding hydrogens is 371 g/mol. The summed E-state index contributed by atoms with van der Waals surface area (Å²) in [7, 11) is 0. The Morgan fingerprint density at radius 3 is 2.24 bits per heavy atom. The first-order chi connectivity index (χ1) is 13.9. The van der Waals surface area contributed by atoms with Gasteiger partial charge in [-0.3, -0.25) is 9.59 Å². The van der Waals surface area contributed by atoms with E-state index >= 15 is 0 Å². The molecule has 0 aliphatic carbocycles. The summed E-state index contributed by atoms with van der Waals surface area (Å²) in [5.41, 5.74) is 1.92. The van der Waals surface area contributed by atoms with Crippen LogP contribution in [0.15, 0.2) is 48.5 Å². The number of hydrogen-bond donors (Lipinski definition) is 1. The fourth-order valence-electron chi connectivity index (χ4n) is 2.81. The maximum Gasteiger partial charge on any atom is 0.261 e. The molecule has 0 bridgehead atoms. The standard InChI is InChI=1S/C23H29FN2O3/c1-4-14-25-23(28)17(3)26(15-19-6-10-20(24)11-7-19)22(27)16-29-21-12-8-18(5-2)9-13-21/h6-13,17H,4-5,14-16H2,1-3H3,(H,25,28)/t17-/m0/s1. The first kappa shape index (κ1) is 22.4. The first-order valence-electron chi connectivity index (χ1n) is 9.98. The van der Waals surface area contributed by atoms with Crippen molar-refractivity contribution in [2.45, 2.75) is 46.2 Å². The van der Waals surface area contributed by atoms with Crippen LogP contribution in [0.2, 0.25) is 0 Å². The number of halogens is 1. The summed E-state index contributed by atoms with van der Waals surface area (Å²) >= 11 is 0. The van der Waals surface area contributed by atoms with Gasteiger partial charge in [-0.1, -0.05) is 38.1 Å². The molecule has 0 radical (unpaired) electrons. The summed E-state index contributed by atoms with van der Waals surface area (Å²) in [5, 5.41) is 2.82. The Morgan fingerprint density at radius 1 is 1.03 bits per heavy atom. The summed E-state index contributed by atoms with van der Waals surface area (Å²) in [6.07, 6.45) is 1.73. The number of nitrogens with one attached hydrogen (secondary N) is 1. The summed E-state index contributed by atoms with van der Waals surface area (Å²) < 4.78 is 18.8. The number of hydrogen-bond acceptors (Lipinski definition) is 3. The molecule has 0 spiro atoms. The molecule has 0 unspecified atom stereocenters. The third-order valence-electron chi connectivity index (χ3n) is 4.68. The van der Waals surface area contributed by atoms with E-state index in [1.54, 1.807) is 19.1 Å². The monoisotopic (exact) mass is 400 g/mol. The fourth-order valence-corrected chi connectivity index (χ4v) is 2.81. The van der Waals surface area contributed by atoms with Crippen LogP contribution in [-0.4, -0.2) is 35.9 Å². The van der Waals surface area contributed by atoms with Crippen molar-refractivity contribution in [3.63, 3.8) is 0 Å². The van der Waals surface area contributed by atoms with Gasteiger partial charge >= 0.3 is 0 Å². The number of carbonyl (C=O) groups excluding carboxylic acids is 2. The van der Waals surface area contributed by atoms with Crippen molar-refractivity contribution >= 4 is 11.8 Å². The minimum absolute atomic E-state index is 0.182. The predicted molar refractivity (Wildman–Crippen MR) is 111 cm³/mol. The van der Waals surface area contributed by atoms with E-state index in [4.69, 9.17) is 4.74 Å². The van der Waals surface area contributed by atoms with Crippen molar-refractivity contribution in [3.8, 4) is 5.75 Å². The summed E-state index contributed by atoms with van der Waals surface area (Å²) in [4.78, 5) is 26.8. The smallest absolute Gasteiger partial charge is 0.261 e. The summed E-state index contributed by atoms with van der Waals surface area (Å²) in [6.45, 7) is 6.27. The second-order valence-corrected chi connectivity index (χ2v) is 6.90. The van der Waals surface area contributed by atoms with Gasteiger partial charge in [0.05, 0.1) is 0 Å². The van der Waals surface area contributed by atoms with Crippen molar-refractivity contribution < 1.29 is 18.7 Å². The van der Waals surface area contributed by atoms with Gasteiger partial charge in [0.25, 0.3) is 5.91 Å². The molecule has 1 atom stereocenters. The lowest BCUT2D eigenvalue weighted by molar-refractivity contribution is -0.142. The third-order valence-corrected chi connectivity index (χ3v) is 4.68. The van der Waals surface area contributed by atoms with Gasteiger partial charge in [-0.05, 0) is 55.2 Å². The molecule has 0 saturated carbocycles. The molecule has 0 heterocycles. The third kappa shape index (κ3) is 6.89. The van der Waals surface area contributed by atoms with Gasteiger partial charge in [-0.2, -0.15) is 0 Å². The Labute approximate surface area is 171 Å². The molecule has 156 valence electrons. The highest BCUT2D eigenvalue weighted by atomic mass is 19.1. The van der Waals surface area contributed by atoms with Crippen LogP contribution in [0.3, 0.4) is 0 Å². The maximum absolute atomic E-state index is 13.2. The Morgan fingerprint density at radius 2 is 1.66 bits per heavy atom. The molecule has 29 heavy (non-hydrogen) atoms. The van der Waals surface area contributed by atoms with Gasteiger partial charge < -0.3 is 15.0 Å². The molecule has 0 aliphatic heterocycles.